The summed E-state index contributed by atoms with van der Waals surface area (Å²) >= 11 is 4.02. The van der Waals surface area contributed by atoms with Gasteiger partial charge >= 0.3 is 29.6 Å². The Balaban J connectivity index is -0.0000000233. The summed E-state index contributed by atoms with van der Waals surface area (Å²) in [5, 5.41) is 8.43. The molecule has 6 heteroatoms. The Hall–Kier alpha value is 0.450. The molecule has 0 aromatic heterocycles. The number of hydrogen-bond donors (Lipinski definition) is 0. The molecule has 0 rings (SSSR count). The van der Waals surface area contributed by atoms with E-state index in [9.17, 15) is 0 Å². The largest absolute Gasteiger partial charge is 1.00 e. The van der Waals surface area contributed by atoms with E-state index in [-0.39, 0.29) is 43.5 Å². The van der Waals surface area contributed by atoms with Crippen LogP contribution in [0, 0.1) is 0 Å². The Bertz CT molecular complexity index is 54.3. The molecule has 0 aliphatic rings. The summed E-state index contributed by atoms with van der Waals surface area (Å²) in [7, 11) is 1.56. The average molecular weight is 161 g/mol. The summed E-state index contributed by atoms with van der Waals surface area (Å²) in [5.41, 5.74) is 0. The van der Waals surface area contributed by atoms with Crippen LogP contribution in [0.2, 0.25) is 0 Å². The van der Waals surface area contributed by atoms with E-state index in [1.165, 1.54) is 0 Å². The standard InChI is InChI=1S/CH3NS.CH2O3.CH4.Na/c1-2-3;2-1-4-3;;/h1H3;1,3H;1H4;/q;;;+1/p-1. The molecule has 0 fully saturated rings. The molecule has 0 aliphatic carbocycles. The van der Waals surface area contributed by atoms with Gasteiger partial charge in [0.25, 0.3) is 6.47 Å². The van der Waals surface area contributed by atoms with Crippen LogP contribution >= 0.6 is 0 Å². The summed E-state index contributed by atoms with van der Waals surface area (Å²) < 4.78 is 3.08. The topological polar surface area (TPSA) is 61.7 Å². The number of carbonyl (C=O) groups excluding carboxylic acids is 1. The number of carbonyl (C=O) groups is 1. The van der Waals surface area contributed by atoms with Crippen LogP contribution in [0.25, 0.3) is 0 Å². The van der Waals surface area contributed by atoms with Gasteiger partial charge in [-0.05, 0) is 0 Å². The Morgan fingerprint density at radius 1 is 1.78 bits per heavy atom. The van der Waals surface area contributed by atoms with Crippen LogP contribution in [0.5, 0.6) is 0 Å². The Morgan fingerprint density at radius 3 is 1.89 bits per heavy atom. The van der Waals surface area contributed by atoms with Crippen molar-refractivity contribution in [2.24, 2.45) is 4.36 Å². The minimum absolute atomic E-state index is 0. The van der Waals surface area contributed by atoms with E-state index < -0.39 is 0 Å². The van der Waals surface area contributed by atoms with Crippen LogP contribution in [0.15, 0.2) is 4.36 Å². The van der Waals surface area contributed by atoms with Crippen molar-refractivity contribution in [1.82, 2.24) is 0 Å². The number of rotatable bonds is 1. The van der Waals surface area contributed by atoms with Gasteiger partial charge in [0, 0.05) is 19.5 Å². The van der Waals surface area contributed by atoms with E-state index in [2.05, 4.69) is 21.7 Å². The number of hydrogen-bond acceptors (Lipinski definition) is 5. The SMILES string of the molecule is C.CN=S.O=CO[O-].[Na+]. The van der Waals surface area contributed by atoms with Crippen LogP contribution in [-0.2, 0) is 22.1 Å². The first-order valence-electron chi connectivity index (χ1n) is 1.27. The van der Waals surface area contributed by atoms with Crippen molar-refractivity contribution < 1.29 is 44.5 Å². The molecule has 0 N–H and O–H groups in total. The van der Waals surface area contributed by atoms with Crippen molar-refractivity contribution in [3.05, 3.63) is 0 Å². The molecule has 0 atom stereocenters. The minimum Gasteiger partial charge on any atom is -0.662 e. The fourth-order valence-electron chi connectivity index (χ4n) is 0. The van der Waals surface area contributed by atoms with Crippen LogP contribution in [0.4, 0.5) is 0 Å². The summed E-state index contributed by atoms with van der Waals surface area (Å²) in [4.78, 5) is 11.2. The zero-order valence-corrected chi connectivity index (χ0v) is 7.47. The van der Waals surface area contributed by atoms with Gasteiger partial charge in [-0.25, -0.2) is 4.36 Å². The minimum atomic E-state index is -0.181. The van der Waals surface area contributed by atoms with E-state index in [1.807, 2.05) is 0 Å². The Labute approximate surface area is 82.0 Å². The normalized spacial score (nSPS) is 3.78. The van der Waals surface area contributed by atoms with Gasteiger partial charge in [-0.2, -0.15) is 0 Å². The molecule has 0 aliphatic heterocycles. The van der Waals surface area contributed by atoms with Crippen molar-refractivity contribution in [1.29, 1.82) is 0 Å². The molecule has 0 heterocycles. The van der Waals surface area contributed by atoms with Crippen LogP contribution in [0.3, 0.4) is 0 Å². The predicted octanol–water partition coefficient (Wildman–Crippen LogP) is -3.58. The Kier molecular flexibility index (Phi) is 99.5. The van der Waals surface area contributed by atoms with Gasteiger partial charge in [0.05, 0.1) is 0 Å². The van der Waals surface area contributed by atoms with E-state index in [4.69, 9.17) is 10.1 Å². The van der Waals surface area contributed by atoms with E-state index in [1.54, 1.807) is 7.05 Å². The zero-order valence-electron chi connectivity index (χ0n) is 4.66. The maximum Gasteiger partial charge on any atom is 1.00 e. The van der Waals surface area contributed by atoms with Crippen molar-refractivity contribution in [3.63, 3.8) is 0 Å². The average Bonchev–Trinajstić information content (AvgIpc) is 1.69. The second-order valence-electron chi connectivity index (χ2n) is 0.375. The van der Waals surface area contributed by atoms with Gasteiger partial charge < -0.3 is 10.1 Å². The van der Waals surface area contributed by atoms with Gasteiger partial charge in [0.15, 0.2) is 0 Å². The van der Waals surface area contributed by atoms with Gasteiger partial charge in [-0.15, -0.1) is 0 Å². The van der Waals surface area contributed by atoms with Crippen molar-refractivity contribution >= 4 is 18.9 Å². The van der Waals surface area contributed by atoms with Crippen LogP contribution < -0.4 is 34.8 Å². The second-order valence-corrected chi connectivity index (χ2v) is 0.740. The van der Waals surface area contributed by atoms with Gasteiger partial charge in [0.1, 0.15) is 0 Å². The molecule has 0 saturated heterocycles. The van der Waals surface area contributed by atoms with E-state index in [0.29, 0.717) is 0 Å². The fraction of sp³-hybridized carbons (Fsp3) is 0.667. The Morgan fingerprint density at radius 2 is 1.89 bits per heavy atom. The summed E-state index contributed by atoms with van der Waals surface area (Å²) in [6.45, 7) is -0.181. The molecule has 9 heavy (non-hydrogen) atoms. The molecule has 0 saturated carbocycles. The van der Waals surface area contributed by atoms with Crippen molar-refractivity contribution in [2.75, 3.05) is 7.05 Å². The zero-order chi connectivity index (χ0) is 6.12. The van der Waals surface area contributed by atoms with Crippen LogP contribution in [0.1, 0.15) is 7.43 Å². The first kappa shape index (κ1) is 22.7. The maximum atomic E-state index is 8.64. The van der Waals surface area contributed by atoms with Gasteiger partial charge in [-0.3, -0.25) is 4.79 Å². The third kappa shape index (κ3) is 167. The number of nitrogens with zero attached hydrogens (tertiary/aromatic N) is 1. The van der Waals surface area contributed by atoms with E-state index >= 15 is 0 Å². The first-order valence-corrected chi connectivity index (χ1v) is 1.63. The molecule has 0 amide bonds. The first-order chi connectivity index (χ1) is 3.33. The fourth-order valence-corrected chi connectivity index (χ4v) is 0. The summed E-state index contributed by atoms with van der Waals surface area (Å²) in [6.07, 6.45) is 0. The molecule has 0 aromatic carbocycles. The molecule has 50 valence electrons. The third-order valence-corrected chi connectivity index (χ3v) is 0.0393. The van der Waals surface area contributed by atoms with Gasteiger partial charge in [0.2, 0.25) is 0 Å². The summed E-state index contributed by atoms with van der Waals surface area (Å²) in [5.74, 6) is 0. The molecule has 0 spiro atoms. The molecular formula is C3H8NNaO3S. The molecular weight excluding hydrogens is 153 g/mol. The molecule has 0 radical (unpaired) electrons. The van der Waals surface area contributed by atoms with Gasteiger partial charge in [-0.1, -0.05) is 7.43 Å². The predicted molar refractivity (Wildman–Crippen MR) is 29.6 cm³/mol. The summed E-state index contributed by atoms with van der Waals surface area (Å²) in [6, 6.07) is 0. The quantitative estimate of drug-likeness (QED) is 0.173. The third-order valence-electron chi connectivity index (χ3n) is 0.0393. The smallest absolute Gasteiger partial charge is 0.662 e. The molecule has 4 nitrogen and oxygen atoms in total. The molecule has 0 bridgehead atoms. The second kappa shape index (κ2) is 39.4. The van der Waals surface area contributed by atoms with Crippen LogP contribution in [-0.4, -0.2) is 13.5 Å². The van der Waals surface area contributed by atoms with Crippen molar-refractivity contribution in [3.8, 4) is 0 Å². The van der Waals surface area contributed by atoms with E-state index in [0.717, 1.165) is 0 Å². The molecule has 0 unspecified atom stereocenters. The maximum absolute atomic E-state index is 8.64. The molecule has 0 aromatic rings. The monoisotopic (exact) mass is 161 g/mol. The van der Waals surface area contributed by atoms with Crippen molar-refractivity contribution in [2.45, 2.75) is 7.43 Å².